The molecule has 2 heterocycles. The van der Waals surface area contributed by atoms with Crippen LogP contribution in [0.1, 0.15) is 25.7 Å². The van der Waals surface area contributed by atoms with Crippen LogP contribution in [0.2, 0.25) is 0 Å². The molecule has 0 spiro atoms. The molecule has 1 aromatic heterocycles. The van der Waals surface area contributed by atoms with Crippen molar-refractivity contribution >= 4 is 44.6 Å². The summed E-state index contributed by atoms with van der Waals surface area (Å²) in [5.74, 6) is -0.214. The molecule has 1 aromatic carbocycles. The zero-order valence-corrected chi connectivity index (χ0v) is 17.5. The van der Waals surface area contributed by atoms with E-state index in [1.807, 2.05) is 0 Å². The van der Waals surface area contributed by atoms with Crippen molar-refractivity contribution in [2.24, 2.45) is 5.92 Å². The summed E-state index contributed by atoms with van der Waals surface area (Å²) in [6.07, 6.45) is 3.90. The van der Waals surface area contributed by atoms with Gasteiger partial charge in [0.1, 0.15) is 15.9 Å². The third-order valence-electron chi connectivity index (χ3n) is 5.60. The molecule has 156 valence electrons. The number of carbonyl (C=O) groups is 2. The molecule has 1 saturated carbocycles. The van der Waals surface area contributed by atoms with E-state index < -0.39 is 10.0 Å². The lowest BCUT2D eigenvalue weighted by molar-refractivity contribution is -0.134. The number of aromatic nitrogens is 2. The van der Waals surface area contributed by atoms with Crippen LogP contribution in [0.5, 0.6) is 0 Å². The normalized spacial score (nSPS) is 19.0. The molecule has 0 atom stereocenters. The van der Waals surface area contributed by atoms with Gasteiger partial charge in [-0.1, -0.05) is 18.9 Å². The summed E-state index contributed by atoms with van der Waals surface area (Å²) in [6, 6.07) is 4.92. The van der Waals surface area contributed by atoms with Crippen molar-refractivity contribution in [2.45, 2.75) is 30.6 Å². The van der Waals surface area contributed by atoms with Crippen LogP contribution < -0.4 is 5.32 Å². The van der Waals surface area contributed by atoms with E-state index in [1.165, 1.54) is 10.4 Å². The van der Waals surface area contributed by atoms with Crippen LogP contribution in [-0.2, 0) is 19.6 Å². The highest BCUT2D eigenvalue weighted by Gasteiger charge is 2.32. The lowest BCUT2D eigenvalue weighted by atomic mass is 10.1. The van der Waals surface area contributed by atoms with Crippen molar-refractivity contribution in [3.8, 4) is 0 Å². The van der Waals surface area contributed by atoms with Crippen molar-refractivity contribution < 1.29 is 18.0 Å². The predicted molar refractivity (Wildman–Crippen MR) is 108 cm³/mol. The van der Waals surface area contributed by atoms with Gasteiger partial charge in [-0.05, 0) is 25.0 Å². The number of nitrogens with zero attached hydrogens (tertiary/aromatic N) is 4. The molecular formula is C18H23N5O4S2. The van der Waals surface area contributed by atoms with Gasteiger partial charge in [0.05, 0.1) is 18.3 Å². The molecule has 0 bridgehead atoms. The topological polar surface area (TPSA) is 113 Å². The number of nitrogens with one attached hydrogen (secondary N) is 1. The van der Waals surface area contributed by atoms with Crippen LogP contribution in [0.3, 0.4) is 0 Å². The molecular weight excluding hydrogens is 414 g/mol. The second kappa shape index (κ2) is 8.33. The zero-order chi connectivity index (χ0) is 20.4. The Morgan fingerprint density at radius 2 is 1.83 bits per heavy atom. The maximum Gasteiger partial charge on any atom is 0.245 e. The van der Waals surface area contributed by atoms with E-state index in [0.29, 0.717) is 24.1 Å². The van der Waals surface area contributed by atoms with Crippen LogP contribution in [0.25, 0.3) is 11.0 Å². The Bertz CT molecular complexity index is 1010. The summed E-state index contributed by atoms with van der Waals surface area (Å²) in [7, 11) is -3.71. The summed E-state index contributed by atoms with van der Waals surface area (Å²) in [5, 5.41) is 2.73. The molecule has 1 N–H and O–H groups in total. The average molecular weight is 438 g/mol. The van der Waals surface area contributed by atoms with Gasteiger partial charge in [-0.3, -0.25) is 9.59 Å². The SMILES string of the molecule is O=C(NCC(=O)N1CCN(S(=O)(=O)c2cccc3nsnc23)CC1)C1CCCC1. The monoisotopic (exact) mass is 437 g/mol. The molecule has 0 unspecified atom stereocenters. The first-order valence-corrected chi connectivity index (χ1v) is 11.9. The Hall–Kier alpha value is -2.11. The maximum absolute atomic E-state index is 13.0. The minimum atomic E-state index is -3.71. The van der Waals surface area contributed by atoms with Crippen LogP contribution in [0.4, 0.5) is 0 Å². The maximum atomic E-state index is 13.0. The van der Waals surface area contributed by atoms with Crippen LogP contribution in [0, 0.1) is 5.92 Å². The van der Waals surface area contributed by atoms with Gasteiger partial charge in [0.15, 0.2) is 0 Å². The first-order chi connectivity index (χ1) is 14.0. The number of amides is 2. The fourth-order valence-electron chi connectivity index (χ4n) is 3.91. The van der Waals surface area contributed by atoms with Crippen LogP contribution in [-0.4, -0.2) is 70.9 Å². The van der Waals surface area contributed by atoms with Gasteiger partial charge in [-0.25, -0.2) is 8.42 Å². The molecule has 2 fully saturated rings. The molecule has 1 aliphatic heterocycles. The van der Waals surface area contributed by atoms with Crippen molar-refractivity contribution in [3.05, 3.63) is 18.2 Å². The van der Waals surface area contributed by atoms with Crippen molar-refractivity contribution in [2.75, 3.05) is 32.7 Å². The summed E-state index contributed by atoms with van der Waals surface area (Å²) in [5.41, 5.74) is 0.938. The number of piperazine rings is 1. The molecule has 2 aromatic rings. The third kappa shape index (κ3) is 4.12. The van der Waals surface area contributed by atoms with Crippen molar-refractivity contribution in [3.63, 3.8) is 0 Å². The quantitative estimate of drug-likeness (QED) is 0.741. The Morgan fingerprint density at radius 1 is 1.10 bits per heavy atom. The Labute approximate surface area is 173 Å². The highest BCUT2D eigenvalue weighted by Crippen LogP contribution is 2.26. The number of carbonyl (C=O) groups excluding carboxylic acids is 2. The number of hydrogen-bond donors (Lipinski definition) is 1. The van der Waals surface area contributed by atoms with E-state index in [0.717, 1.165) is 37.4 Å². The fourth-order valence-corrected chi connectivity index (χ4v) is 6.09. The second-order valence-corrected chi connectivity index (χ2v) is 9.81. The van der Waals surface area contributed by atoms with E-state index >= 15 is 0 Å². The van der Waals surface area contributed by atoms with E-state index in [2.05, 4.69) is 14.1 Å². The summed E-state index contributed by atoms with van der Waals surface area (Å²) in [4.78, 5) is 26.2. The Balaban J connectivity index is 1.34. The molecule has 1 saturated heterocycles. The Morgan fingerprint density at radius 3 is 2.55 bits per heavy atom. The van der Waals surface area contributed by atoms with Crippen LogP contribution >= 0.6 is 11.7 Å². The van der Waals surface area contributed by atoms with Gasteiger partial charge in [-0.2, -0.15) is 13.1 Å². The first-order valence-electron chi connectivity index (χ1n) is 9.74. The number of sulfonamides is 1. The average Bonchev–Trinajstić information content (AvgIpc) is 3.43. The van der Waals surface area contributed by atoms with Gasteiger partial charge in [-0.15, -0.1) is 0 Å². The van der Waals surface area contributed by atoms with Crippen molar-refractivity contribution in [1.29, 1.82) is 0 Å². The zero-order valence-electron chi connectivity index (χ0n) is 15.9. The van der Waals surface area contributed by atoms with Gasteiger partial charge in [0.2, 0.25) is 21.8 Å². The standard InChI is InChI=1S/C18H23N5O4S2/c24-16(12-19-18(25)13-4-1-2-5-13)22-8-10-23(11-9-22)29(26,27)15-7-3-6-14-17(15)21-28-20-14/h3,6-7,13H,1-2,4-5,8-12H2,(H,19,25). The van der Waals surface area contributed by atoms with E-state index in [9.17, 15) is 18.0 Å². The molecule has 1 aliphatic carbocycles. The van der Waals surface area contributed by atoms with E-state index in [4.69, 9.17) is 0 Å². The lowest BCUT2D eigenvalue weighted by Gasteiger charge is -2.34. The minimum Gasteiger partial charge on any atom is -0.347 e. The molecule has 29 heavy (non-hydrogen) atoms. The predicted octanol–water partition coefficient (Wildman–Crippen LogP) is 0.831. The molecule has 11 heteroatoms. The van der Waals surface area contributed by atoms with Gasteiger partial charge in [0, 0.05) is 32.1 Å². The van der Waals surface area contributed by atoms with E-state index in [1.54, 1.807) is 17.0 Å². The number of rotatable bonds is 5. The number of benzene rings is 1. The summed E-state index contributed by atoms with van der Waals surface area (Å²) < 4.78 is 35.7. The smallest absolute Gasteiger partial charge is 0.245 e. The summed E-state index contributed by atoms with van der Waals surface area (Å²) >= 11 is 0.981. The Kier molecular flexibility index (Phi) is 5.79. The van der Waals surface area contributed by atoms with Gasteiger partial charge >= 0.3 is 0 Å². The lowest BCUT2D eigenvalue weighted by Crippen LogP contribution is -2.52. The van der Waals surface area contributed by atoms with Crippen LogP contribution in [0.15, 0.2) is 23.1 Å². The molecule has 4 rings (SSSR count). The number of fused-ring (bicyclic) bond motifs is 1. The highest BCUT2D eigenvalue weighted by atomic mass is 32.2. The van der Waals surface area contributed by atoms with Gasteiger partial charge < -0.3 is 10.2 Å². The molecule has 2 amide bonds. The van der Waals surface area contributed by atoms with Crippen molar-refractivity contribution in [1.82, 2.24) is 23.3 Å². The van der Waals surface area contributed by atoms with E-state index in [-0.39, 0.29) is 42.3 Å². The second-order valence-electron chi connectivity index (χ2n) is 7.37. The molecule has 0 radical (unpaired) electrons. The highest BCUT2D eigenvalue weighted by molar-refractivity contribution is 7.89. The molecule has 2 aliphatic rings. The molecule has 9 nitrogen and oxygen atoms in total. The third-order valence-corrected chi connectivity index (χ3v) is 8.07. The number of hydrogen-bond acceptors (Lipinski definition) is 7. The fraction of sp³-hybridized carbons (Fsp3) is 0.556. The largest absolute Gasteiger partial charge is 0.347 e. The minimum absolute atomic E-state index is 0.0210. The van der Waals surface area contributed by atoms with Gasteiger partial charge in [0.25, 0.3) is 0 Å². The first kappa shape index (κ1) is 20.2. The summed E-state index contributed by atoms with van der Waals surface area (Å²) in [6.45, 7) is 0.967.